The summed E-state index contributed by atoms with van der Waals surface area (Å²) in [6.07, 6.45) is 0.799. The van der Waals surface area contributed by atoms with Crippen LogP contribution in [0.4, 0.5) is 0 Å². The normalized spacial score (nSPS) is 13.9. The maximum Gasteiger partial charge on any atom is 0.152 e. The predicted molar refractivity (Wildman–Crippen MR) is 64.8 cm³/mol. The highest BCUT2D eigenvalue weighted by atomic mass is 35.5. The van der Waals surface area contributed by atoms with Crippen molar-refractivity contribution in [3.05, 3.63) is 29.3 Å². The third-order valence-corrected chi connectivity index (χ3v) is 3.51. The van der Waals surface area contributed by atoms with Crippen LogP contribution in [0.3, 0.4) is 0 Å². The number of oxime groups is 1. The summed E-state index contributed by atoms with van der Waals surface area (Å²) in [5.74, 6) is 0.238. The van der Waals surface area contributed by atoms with Crippen LogP contribution < -0.4 is 5.73 Å². The van der Waals surface area contributed by atoms with Crippen LogP contribution in [0.25, 0.3) is 0 Å². The van der Waals surface area contributed by atoms with Crippen molar-refractivity contribution >= 4 is 29.2 Å². The maximum absolute atomic E-state index is 8.59. The number of benzene rings is 1. The van der Waals surface area contributed by atoms with E-state index in [1.165, 1.54) is 11.8 Å². The molecule has 0 saturated heterocycles. The lowest BCUT2D eigenvalue weighted by Gasteiger charge is -2.12. The van der Waals surface area contributed by atoms with E-state index >= 15 is 0 Å². The molecule has 15 heavy (non-hydrogen) atoms. The van der Waals surface area contributed by atoms with Gasteiger partial charge in [0.25, 0.3) is 0 Å². The largest absolute Gasteiger partial charge is 0.409 e. The van der Waals surface area contributed by atoms with Crippen LogP contribution >= 0.6 is 23.4 Å². The van der Waals surface area contributed by atoms with Crippen LogP contribution in [-0.2, 0) is 0 Å². The summed E-state index contributed by atoms with van der Waals surface area (Å²) in [7, 11) is 0. The highest BCUT2D eigenvalue weighted by Crippen LogP contribution is 2.27. The molecule has 1 aromatic carbocycles. The van der Waals surface area contributed by atoms with Crippen molar-refractivity contribution < 1.29 is 5.21 Å². The van der Waals surface area contributed by atoms with Gasteiger partial charge in [0.05, 0.1) is 5.25 Å². The molecule has 82 valence electrons. The number of amidine groups is 1. The summed E-state index contributed by atoms with van der Waals surface area (Å²) in [6, 6.07) is 7.50. The molecular weight excluding hydrogens is 232 g/mol. The van der Waals surface area contributed by atoms with Gasteiger partial charge in [0, 0.05) is 9.92 Å². The van der Waals surface area contributed by atoms with Crippen LogP contribution in [0.2, 0.25) is 5.02 Å². The molecule has 1 rings (SSSR count). The van der Waals surface area contributed by atoms with E-state index in [0.717, 1.165) is 11.3 Å². The minimum absolute atomic E-state index is 0.0199. The van der Waals surface area contributed by atoms with Crippen LogP contribution in [-0.4, -0.2) is 16.3 Å². The van der Waals surface area contributed by atoms with Crippen molar-refractivity contribution in [2.75, 3.05) is 0 Å². The minimum atomic E-state index is -0.0199. The number of nitrogens with two attached hydrogens (primary N) is 1. The van der Waals surface area contributed by atoms with Gasteiger partial charge >= 0.3 is 0 Å². The van der Waals surface area contributed by atoms with Crippen LogP contribution in [0.1, 0.15) is 13.3 Å². The first-order chi connectivity index (χ1) is 7.17. The number of halogens is 1. The monoisotopic (exact) mass is 244 g/mol. The van der Waals surface area contributed by atoms with Crippen molar-refractivity contribution in [1.29, 1.82) is 0 Å². The minimum Gasteiger partial charge on any atom is -0.409 e. The zero-order valence-electron chi connectivity index (χ0n) is 8.35. The van der Waals surface area contributed by atoms with Gasteiger partial charge in [0.2, 0.25) is 0 Å². The van der Waals surface area contributed by atoms with Crippen LogP contribution in [0.5, 0.6) is 0 Å². The molecule has 0 aromatic heterocycles. The zero-order valence-corrected chi connectivity index (χ0v) is 9.92. The molecular formula is C10H13ClN2OS. The molecule has 0 bridgehead atoms. The SMILES string of the molecule is CCC(Sc1cccc(Cl)c1)C(N)=NO. The Bertz CT molecular complexity index is 357. The molecule has 3 nitrogen and oxygen atoms in total. The lowest BCUT2D eigenvalue weighted by molar-refractivity contribution is 0.317. The van der Waals surface area contributed by atoms with E-state index < -0.39 is 0 Å². The van der Waals surface area contributed by atoms with Crippen LogP contribution in [0, 0.1) is 0 Å². The van der Waals surface area contributed by atoms with Gasteiger partial charge in [-0.25, -0.2) is 0 Å². The number of thioether (sulfide) groups is 1. The molecule has 0 aliphatic heterocycles. The fraction of sp³-hybridized carbons (Fsp3) is 0.300. The van der Waals surface area contributed by atoms with E-state index in [9.17, 15) is 0 Å². The summed E-state index contributed by atoms with van der Waals surface area (Å²) < 4.78 is 0. The van der Waals surface area contributed by atoms with Gasteiger partial charge in [-0.1, -0.05) is 29.7 Å². The van der Waals surface area contributed by atoms with Gasteiger partial charge < -0.3 is 10.9 Å². The molecule has 0 spiro atoms. The number of rotatable bonds is 4. The molecule has 1 atom stereocenters. The first kappa shape index (κ1) is 12.2. The fourth-order valence-electron chi connectivity index (χ4n) is 1.12. The Balaban J connectivity index is 2.75. The molecule has 0 radical (unpaired) electrons. The molecule has 1 unspecified atom stereocenters. The zero-order chi connectivity index (χ0) is 11.3. The van der Waals surface area contributed by atoms with Crippen molar-refractivity contribution in [3.63, 3.8) is 0 Å². The number of hydrogen-bond acceptors (Lipinski definition) is 3. The van der Waals surface area contributed by atoms with Gasteiger partial charge in [-0.3, -0.25) is 0 Å². The van der Waals surface area contributed by atoms with E-state index in [0.29, 0.717) is 5.02 Å². The highest BCUT2D eigenvalue weighted by molar-refractivity contribution is 8.00. The number of hydrogen-bond donors (Lipinski definition) is 2. The smallest absolute Gasteiger partial charge is 0.152 e. The average molecular weight is 245 g/mol. The summed E-state index contributed by atoms with van der Waals surface area (Å²) >= 11 is 7.40. The topological polar surface area (TPSA) is 58.6 Å². The standard InChI is InChI=1S/C10H13ClN2OS/c1-2-9(10(12)13-14)15-8-5-3-4-7(11)6-8/h3-6,9,14H,2H2,1H3,(H2,12,13). The third-order valence-electron chi connectivity index (χ3n) is 1.89. The molecule has 0 amide bonds. The summed E-state index contributed by atoms with van der Waals surface area (Å²) in [6.45, 7) is 1.99. The van der Waals surface area contributed by atoms with Crippen molar-refractivity contribution in [2.45, 2.75) is 23.5 Å². The Morgan fingerprint density at radius 1 is 1.67 bits per heavy atom. The summed E-state index contributed by atoms with van der Waals surface area (Å²) in [5, 5.41) is 12.3. The summed E-state index contributed by atoms with van der Waals surface area (Å²) in [5.41, 5.74) is 5.56. The molecule has 1 aromatic rings. The van der Waals surface area contributed by atoms with E-state index in [1.807, 2.05) is 31.2 Å². The second-order valence-electron chi connectivity index (χ2n) is 3.00. The van der Waals surface area contributed by atoms with E-state index in [1.54, 1.807) is 0 Å². The fourth-order valence-corrected chi connectivity index (χ4v) is 2.39. The molecule has 3 N–H and O–H groups in total. The van der Waals surface area contributed by atoms with Gasteiger partial charge in [-0.2, -0.15) is 0 Å². The lowest BCUT2D eigenvalue weighted by atomic mass is 10.3. The molecule has 0 fully saturated rings. The average Bonchev–Trinajstić information content (AvgIpc) is 2.25. The van der Waals surface area contributed by atoms with Gasteiger partial charge in [-0.05, 0) is 24.6 Å². The van der Waals surface area contributed by atoms with Crippen molar-refractivity contribution in [1.82, 2.24) is 0 Å². The van der Waals surface area contributed by atoms with Crippen molar-refractivity contribution in [2.24, 2.45) is 10.9 Å². The molecule has 0 heterocycles. The summed E-state index contributed by atoms with van der Waals surface area (Å²) in [4.78, 5) is 1.01. The van der Waals surface area contributed by atoms with E-state index in [4.69, 9.17) is 22.5 Å². The Hall–Kier alpha value is -0.870. The Kier molecular flexibility index (Phi) is 4.78. The highest BCUT2D eigenvalue weighted by Gasteiger charge is 2.13. The Morgan fingerprint density at radius 2 is 2.40 bits per heavy atom. The van der Waals surface area contributed by atoms with Gasteiger partial charge in [0.15, 0.2) is 5.84 Å². The third kappa shape index (κ3) is 3.64. The van der Waals surface area contributed by atoms with Gasteiger partial charge in [0.1, 0.15) is 0 Å². The Morgan fingerprint density at radius 3 is 2.93 bits per heavy atom. The molecule has 5 heteroatoms. The molecule has 0 aliphatic rings. The maximum atomic E-state index is 8.59. The Labute approximate surface area is 98.3 Å². The second kappa shape index (κ2) is 5.88. The molecule has 0 aliphatic carbocycles. The first-order valence-electron chi connectivity index (χ1n) is 4.57. The lowest BCUT2D eigenvalue weighted by Crippen LogP contribution is -2.25. The van der Waals surface area contributed by atoms with Gasteiger partial charge in [-0.15, -0.1) is 11.8 Å². The van der Waals surface area contributed by atoms with E-state index in [-0.39, 0.29) is 11.1 Å². The quantitative estimate of drug-likeness (QED) is 0.282. The van der Waals surface area contributed by atoms with E-state index in [2.05, 4.69) is 5.16 Å². The number of nitrogens with zero attached hydrogens (tertiary/aromatic N) is 1. The van der Waals surface area contributed by atoms with Crippen molar-refractivity contribution in [3.8, 4) is 0 Å². The first-order valence-corrected chi connectivity index (χ1v) is 5.82. The second-order valence-corrected chi connectivity index (χ2v) is 4.71. The molecule has 0 saturated carbocycles. The van der Waals surface area contributed by atoms with Crippen LogP contribution in [0.15, 0.2) is 34.3 Å². The predicted octanol–water partition coefficient (Wildman–Crippen LogP) is 2.96.